The van der Waals surface area contributed by atoms with Gasteiger partial charge in [0.25, 0.3) is 11.8 Å². The molecule has 3 rings (SSSR count). The summed E-state index contributed by atoms with van der Waals surface area (Å²) in [6.07, 6.45) is 4.41. The van der Waals surface area contributed by atoms with E-state index in [4.69, 9.17) is 20.8 Å². The lowest BCUT2D eigenvalue weighted by atomic mass is 10.2. The van der Waals surface area contributed by atoms with E-state index in [-0.39, 0.29) is 17.5 Å². The molecule has 1 aromatic heterocycles. The van der Waals surface area contributed by atoms with Crippen molar-refractivity contribution in [3.8, 4) is 5.75 Å². The summed E-state index contributed by atoms with van der Waals surface area (Å²) < 4.78 is 10.9. The van der Waals surface area contributed by atoms with Crippen LogP contribution in [0.1, 0.15) is 35.7 Å². The number of unbranched alkanes of at least 4 members (excludes halogenated alkanes) is 1. The number of carbonyl (C=O) groups excluding carboxylic acids is 2. The van der Waals surface area contributed by atoms with Crippen LogP contribution in [0.5, 0.6) is 5.75 Å². The maximum atomic E-state index is 12.4. The van der Waals surface area contributed by atoms with Gasteiger partial charge in [0.05, 0.1) is 30.3 Å². The predicted molar refractivity (Wildman–Crippen MR) is 122 cm³/mol. The molecule has 0 radical (unpaired) electrons. The molecule has 0 unspecified atom stereocenters. The van der Waals surface area contributed by atoms with Crippen molar-refractivity contribution in [2.24, 2.45) is 5.10 Å². The molecule has 2 aromatic carbocycles. The molecule has 0 bridgehead atoms. The van der Waals surface area contributed by atoms with Crippen LogP contribution in [0, 0.1) is 0 Å². The summed E-state index contributed by atoms with van der Waals surface area (Å²) >= 11 is 5.91. The van der Waals surface area contributed by atoms with Crippen LogP contribution in [0.3, 0.4) is 0 Å². The largest absolute Gasteiger partial charge is 0.494 e. The van der Waals surface area contributed by atoms with E-state index < -0.39 is 11.8 Å². The van der Waals surface area contributed by atoms with Gasteiger partial charge in [0.1, 0.15) is 17.6 Å². The smallest absolute Gasteiger partial charge is 0.259 e. The Morgan fingerprint density at radius 2 is 1.97 bits per heavy atom. The molecule has 9 heteroatoms. The summed E-state index contributed by atoms with van der Waals surface area (Å²) in [5.74, 6) is -0.277. The van der Waals surface area contributed by atoms with Crippen molar-refractivity contribution in [3.05, 3.63) is 75.1 Å². The lowest BCUT2D eigenvalue weighted by molar-refractivity contribution is -0.120. The summed E-state index contributed by atoms with van der Waals surface area (Å²) in [6, 6.07) is 11.4. The molecule has 3 aromatic rings. The molecule has 0 fully saturated rings. The van der Waals surface area contributed by atoms with E-state index in [1.807, 2.05) is 0 Å². The van der Waals surface area contributed by atoms with Crippen LogP contribution >= 0.6 is 11.6 Å². The van der Waals surface area contributed by atoms with Crippen LogP contribution in [0.4, 0.5) is 0 Å². The van der Waals surface area contributed by atoms with E-state index in [0.29, 0.717) is 33.9 Å². The monoisotopic (exact) mass is 455 g/mol. The first-order valence-corrected chi connectivity index (χ1v) is 10.4. The van der Waals surface area contributed by atoms with Gasteiger partial charge in [-0.25, -0.2) is 5.43 Å². The molecule has 8 nitrogen and oxygen atoms in total. The van der Waals surface area contributed by atoms with Gasteiger partial charge in [-0.3, -0.25) is 14.4 Å². The van der Waals surface area contributed by atoms with Crippen molar-refractivity contribution in [1.82, 2.24) is 10.7 Å². The van der Waals surface area contributed by atoms with Crippen LogP contribution in [0.15, 0.2) is 63.0 Å². The lowest BCUT2D eigenvalue weighted by Crippen LogP contribution is -2.35. The third kappa shape index (κ3) is 6.18. The lowest BCUT2D eigenvalue weighted by Gasteiger charge is -2.07. The van der Waals surface area contributed by atoms with Gasteiger partial charge >= 0.3 is 0 Å². The van der Waals surface area contributed by atoms with E-state index >= 15 is 0 Å². The number of rotatable bonds is 9. The maximum absolute atomic E-state index is 12.4. The highest BCUT2D eigenvalue weighted by atomic mass is 35.5. The Morgan fingerprint density at radius 1 is 1.19 bits per heavy atom. The molecule has 0 saturated carbocycles. The van der Waals surface area contributed by atoms with E-state index in [1.165, 1.54) is 18.5 Å². The van der Waals surface area contributed by atoms with Crippen molar-refractivity contribution < 1.29 is 18.7 Å². The fourth-order valence-corrected chi connectivity index (χ4v) is 2.89. The van der Waals surface area contributed by atoms with Gasteiger partial charge < -0.3 is 14.5 Å². The number of carbonyl (C=O) groups is 2. The number of amides is 2. The molecule has 1 heterocycles. The number of hydrogen-bond donors (Lipinski definition) is 2. The molecule has 0 saturated heterocycles. The Hall–Kier alpha value is -3.65. The zero-order chi connectivity index (χ0) is 22.9. The number of hydrogen-bond acceptors (Lipinski definition) is 6. The first-order valence-electron chi connectivity index (χ1n) is 10.0. The van der Waals surface area contributed by atoms with Crippen LogP contribution in [-0.2, 0) is 4.79 Å². The quantitative estimate of drug-likeness (QED) is 0.291. The number of benzene rings is 2. The zero-order valence-electron chi connectivity index (χ0n) is 17.4. The highest BCUT2D eigenvalue weighted by molar-refractivity contribution is 6.31. The Balaban J connectivity index is 1.50. The number of halogens is 1. The van der Waals surface area contributed by atoms with Gasteiger partial charge in [-0.1, -0.05) is 24.9 Å². The molecule has 0 aliphatic heterocycles. The molecule has 0 spiro atoms. The molecular weight excluding hydrogens is 434 g/mol. The summed E-state index contributed by atoms with van der Waals surface area (Å²) in [7, 11) is 0. The molecule has 0 aliphatic carbocycles. The minimum absolute atomic E-state index is 0.144. The van der Waals surface area contributed by atoms with Gasteiger partial charge in [0, 0.05) is 10.6 Å². The van der Waals surface area contributed by atoms with Crippen molar-refractivity contribution in [2.75, 3.05) is 13.2 Å². The second kappa shape index (κ2) is 11.1. The highest BCUT2D eigenvalue weighted by Gasteiger charge is 2.09. The third-order valence-corrected chi connectivity index (χ3v) is 4.68. The van der Waals surface area contributed by atoms with E-state index in [0.717, 1.165) is 12.8 Å². The topological polar surface area (TPSA) is 110 Å². The van der Waals surface area contributed by atoms with E-state index in [2.05, 4.69) is 22.8 Å². The average Bonchev–Trinajstić information content (AvgIpc) is 2.80. The minimum Gasteiger partial charge on any atom is -0.494 e. The van der Waals surface area contributed by atoms with Crippen LogP contribution in [0.2, 0.25) is 5.02 Å². The minimum atomic E-state index is -0.553. The second-order valence-corrected chi connectivity index (χ2v) is 7.30. The third-order valence-electron chi connectivity index (χ3n) is 4.45. The van der Waals surface area contributed by atoms with Crippen molar-refractivity contribution in [1.29, 1.82) is 0 Å². The van der Waals surface area contributed by atoms with E-state index in [9.17, 15) is 14.4 Å². The standard InChI is InChI=1S/C23H22ClN3O5/c1-2-3-10-31-18-7-4-15(5-8-18)23(30)25-13-21(28)27-26-12-16-14-32-20-9-6-17(24)11-19(20)22(16)29/h4-9,11-12,14H,2-3,10,13H2,1H3,(H,25,30)(H,27,28)/b26-12-. The highest BCUT2D eigenvalue weighted by Crippen LogP contribution is 2.16. The summed E-state index contributed by atoms with van der Waals surface area (Å²) in [5, 5.41) is 6.96. The van der Waals surface area contributed by atoms with Gasteiger partial charge in [0.15, 0.2) is 0 Å². The molecule has 0 aliphatic rings. The molecule has 0 atom stereocenters. The SMILES string of the molecule is CCCCOc1ccc(C(=O)NCC(=O)N/N=C\c2coc3ccc(Cl)cc3c2=O)cc1. The van der Waals surface area contributed by atoms with Crippen LogP contribution in [-0.4, -0.2) is 31.2 Å². The van der Waals surface area contributed by atoms with Gasteiger partial charge in [-0.2, -0.15) is 5.10 Å². The van der Waals surface area contributed by atoms with E-state index in [1.54, 1.807) is 36.4 Å². The number of ether oxygens (including phenoxy) is 1. The van der Waals surface area contributed by atoms with Crippen molar-refractivity contribution >= 4 is 40.6 Å². The van der Waals surface area contributed by atoms with Gasteiger partial charge in [0.2, 0.25) is 5.43 Å². The Kier molecular flexibility index (Phi) is 7.99. The molecule has 2 N–H and O–H groups in total. The predicted octanol–water partition coefficient (Wildman–Crippen LogP) is 3.51. The van der Waals surface area contributed by atoms with Gasteiger partial charge in [-0.05, 0) is 48.9 Å². The van der Waals surface area contributed by atoms with Crippen LogP contribution < -0.4 is 20.9 Å². The zero-order valence-corrected chi connectivity index (χ0v) is 18.1. The fraction of sp³-hybridized carbons (Fsp3) is 0.217. The molecule has 32 heavy (non-hydrogen) atoms. The Morgan fingerprint density at radius 3 is 2.72 bits per heavy atom. The summed E-state index contributed by atoms with van der Waals surface area (Å²) in [6.45, 7) is 2.42. The number of nitrogens with zero attached hydrogens (tertiary/aromatic N) is 1. The Labute approximate surface area is 189 Å². The average molecular weight is 456 g/mol. The van der Waals surface area contributed by atoms with Crippen LogP contribution in [0.25, 0.3) is 11.0 Å². The number of hydrazone groups is 1. The first kappa shape index (κ1) is 23.0. The normalized spacial score (nSPS) is 10.9. The second-order valence-electron chi connectivity index (χ2n) is 6.86. The molecular formula is C23H22ClN3O5. The van der Waals surface area contributed by atoms with Crippen molar-refractivity contribution in [2.45, 2.75) is 19.8 Å². The van der Waals surface area contributed by atoms with Crippen molar-refractivity contribution in [3.63, 3.8) is 0 Å². The summed E-state index contributed by atoms with van der Waals surface area (Å²) in [5.41, 5.74) is 2.86. The van der Waals surface area contributed by atoms with Gasteiger partial charge in [-0.15, -0.1) is 0 Å². The summed E-state index contributed by atoms with van der Waals surface area (Å²) in [4.78, 5) is 36.5. The molecule has 166 valence electrons. The molecule has 2 amide bonds. The maximum Gasteiger partial charge on any atom is 0.259 e. The Bertz CT molecular complexity index is 1190. The number of fused-ring (bicyclic) bond motifs is 1. The first-order chi connectivity index (χ1) is 15.5. The number of nitrogens with one attached hydrogen (secondary N) is 2. The fourth-order valence-electron chi connectivity index (χ4n) is 2.72.